The normalized spacial score (nSPS) is 15.4. The summed E-state index contributed by atoms with van der Waals surface area (Å²) in [7, 11) is 0. The van der Waals surface area contributed by atoms with Crippen LogP contribution in [0.4, 0.5) is 0 Å². The lowest BCUT2D eigenvalue weighted by Gasteiger charge is -2.21. The van der Waals surface area contributed by atoms with Crippen LogP contribution in [0, 0.1) is 6.92 Å². The molecule has 0 aliphatic carbocycles. The maximum Gasteiger partial charge on any atom is 0.375 e. The number of ether oxygens (including phenoxy) is 2. The van der Waals surface area contributed by atoms with Crippen molar-refractivity contribution in [3.8, 4) is 5.75 Å². The van der Waals surface area contributed by atoms with Gasteiger partial charge in [-0.3, -0.25) is 0 Å². The Labute approximate surface area is 188 Å². The smallest absolute Gasteiger partial charge is 0.375 e. The first-order valence-electron chi connectivity index (χ1n) is 9.67. The first kappa shape index (κ1) is 24.3. The van der Waals surface area contributed by atoms with Crippen LogP contribution in [0.3, 0.4) is 0 Å². The van der Waals surface area contributed by atoms with E-state index in [-0.39, 0.29) is 5.76 Å². The summed E-state index contributed by atoms with van der Waals surface area (Å²) in [5, 5.41) is 10.1. The summed E-state index contributed by atoms with van der Waals surface area (Å²) in [6.45, 7) is 9.17. The third-order valence-corrected chi connectivity index (χ3v) is 5.13. The quantitative estimate of drug-likeness (QED) is 0.460. The zero-order valence-corrected chi connectivity index (χ0v) is 19.5. The molecular weight excluding hydrogens is 423 g/mol. The maximum absolute atomic E-state index is 12.4. The minimum Gasteiger partial charge on any atom is -0.449 e. The molecule has 4 nitrogen and oxygen atoms in total. The van der Waals surface area contributed by atoms with Crippen LogP contribution in [0.25, 0.3) is 5.57 Å². The second-order valence-corrected chi connectivity index (χ2v) is 8.79. The van der Waals surface area contributed by atoms with E-state index in [1.165, 1.54) is 0 Å². The fourth-order valence-electron chi connectivity index (χ4n) is 3.04. The van der Waals surface area contributed by atoms with Gasteiger partial charge in [0.05, 0.1) is 11.2 Å². The molecule has 2 aromatic rings. The van der Waals surface area contributed by atoms with Crippen molar-refractivity contribution >= 4 is 34.7 Å². The Kier molecular flexibility index (Phi) is 7.98. The average Bonchev–Trinajstić information content (AvgIpc) is 2.90. The number of aryl methyl sites for hydroxylation is 1. The molecule has 0 aromatic heterocycles. The van der Waals surface area contributed by atoms with E-state index in [9.17, 15) is 9.90 Å². The zero-order valence-electron chi connectivity index (χ0n) is 18.0. The Hall–Kier alpha value is -2.01. The Morgan fingerprint density at radius 3 is 2.00 bits per heavy atom. The van der Waals surface area contributed by atoms with Crippen molar-refractivity contribution in [3.05, 3.63) is 71.0 Å². The van der Waals surface area contributed by atoms with Crippen molar-refractivity contribution in [1.29, 1.82) is 0 Å². The lowest BCUT2D eigenvalue weighted by atomic mass is 9.91. The SMILES string of the molecule is Cc1ccc(C2=C(Oc3ccc(C(C)(C)O)cc3)C(=O)OC2(C)C)cc1.ClCCCl. The monoisotopic (exact) mass is 450 g/mol. The van der Waals surface area contributed by atoms with Gasteiger partial charge in [-0.05, 0) is 57.9 Å². The molecule has 0 radical (unpaired) electrons. The highest BCUT2D eigenvalue weighted by molar-refractivity contribution is 6.25. The molecule has 0 atom stereocenters. The van der Waals surface area contributed by atoms with Gasteiger partial charge >= 0.3 is 5.97 Å². The molecule has 0 spiro atoms. The summed E-state index contributed by atoms with van der Waals surface area (Å²) in [4.78, 5) is 12.4. The van der Waals surface area contributed by atoms with Crippen molar-refractivity contribution in [2.24, 2.45) is 0 Å². The number of esters is 1. The Morgan fingerprint density at radius 1 is 1.00 bits per heavy atom. The van der Waals surface area contributed by atoms with Gasteiger partial charge in [-0.2, -0.15) is 0 Å². The van der Waals surface area contributed by atoms with E-state index < -0.39 is 17.2 Å². The molecule has 1 aliphatic heterocycles. The molecule has 1 N–H and O–H groups in total. The molecule has 162 valence electrons. The Balaban J connectivity index is 0.000000735. The van der Waals surface area contributed by atoms with E-state index in [2.05, 4.69) is 0 Å². The van der Waals surface area contributed by atoms with E-state index in [1.807, 2.05) is 45.0 Å². The average molecular weight is 451 g/mol. The molecule has 6 heteroatoms. The Morgan fingerprint density at radius 2 is 1.53 bits per heavy atom. The highest BCUT2D eigenvalue weighted by Gasteiger charge is 2.43. The topological polar surface area (TPSA) is 55.8 Å². The molecule has 0 amide bonds. The van der Waals surface area contributed by atoms with Gasteiger partial charge < -0.3 is 14.6 Å². The molecule has 1 aliphatic rings. The molecule has 2 aromatic carbocycles. The van der Waals surface area contributed by atoms with Gasteiger partial charge in [0.15, 0.2) is 0 Å². The van der Waals surface area contributed by atoms with Crippen LogP contribution in [0.5, 0.6) is 5.75 Å². The predicted molar refractivity (Wildman–Crippen MR) is 122 cm³/mol. The van der Waals surface area contributed by atoms with E-state index in [0.717, 1.165) is 22.3 Å². The molecule has 0 saturated carbocycles. The third kappa shape index (κ3) is 6.00. The van der Waals surface area contributed by atoms with Crippen LogP contribution in [0.2, 0.25) is 0 Å². The van der Waals surface area contributed by atoms with Gasteiger partial charge in [0, 0.05) is 11.8 Å². The minimum absolute atomic E-state index is 0.204. The summed E-state index contributed by atoms with van der Waals surface area (Å²) >= 11 is 10.1. The van der Waals surface area contributed by atoms with Crippen LogP contribution in [0.15, 0.2) is 54.3 Å². The molecule has 0 saturated heterocycles. The van der Waals surface area contributed by atoms with Gasteiger partial charge in [0.2, 0.25) is 5.76 Å². The van der Waals surface area contributed by atoms with Crippen LogP contribution >= 0.6 is 23.2 Å². The van der Waals surface area contributed by atoms with Crippen LogP contribution < -0.4 is 4.74 Å². The number of hydrogen-bond donors (Lipinski definition) is 1. The number of aliphatic hydroxyl groups is 1. The highest BCUT2D eigenvalue weighted by atomic mass is 35.5. The van der Waals surface area contributed by atoms with Crippen molar-refractivity contribution in [3.63, 3.8) is 0 Å². The number of halogens is 2. The van der Waals surface area contributed by atoms with Gasteiger partial charge in [-0.15, -0.1) is 23.2 Å². The standard InChI is InChI=1S/C22H24O4.C2H4Cl2/c1-14-6-8-15(9-7-14)18-19(20(23)26-22(18,4)5)25-17-12-10-16(11-13-17)21(2,3)24;3-1-2-4/h6-13,24H,1-5H3;1-2H2. The fourth-order valence-corrected chi connectivity index (χ4v) is 3.04. The van der Waals surface area contributed by atoms with E-state index >= 15 is 0 Å². The van der Waals surface area contributed by atoms with Crippen LogP contribution in [0.1, 0.15) is 44.4 Å². The number of alkyl halides is 2. The first-order valence-corrected chi connectivity index (χ1v) is 10.7. The van der Waals surface area contributed by atoms with E-state index in [4.69, 9.17) is 32.7 Å². The Bertz CT molecular complexity index is 890. The maximum atomic E-state index is 12.4. The molecule has 3 rings (SSSR count). The number of carbonyl (C=O) groups is 1. The van der Waals surface area contributed by atoms with E-state index in [1.54, 1.807) is 38.1 Å². The second kappa shape index (κ2) is 9.86. The molecule has 1 heterocycles. The zero-order chi connectivity index (χ0) is 22.5. The first-order chi connectivity index (χ1) is 14.0. The summed E-state index contributed by atoms with van der Waals surface area (Å²) in [6, 6.07) is 15.0. The van der Waals surface area contributed by atoms with Crippen LogP contribution in [-0.4, -0.2) is 28.4 Å². The number of hydrogen-bond acceptors (Lipinski definition) is 4. The fraction of sp³-hybridized carbons (Fsp3) is 0.375. The summed E-state index contributed by atoms with van der Waals surface area (Å²) < 4.78 is 11.4. The molecule has 0 fully saturated rings. The molecule has 0 unspecified atom stereocenters. The highest BCUT2D eigenvalue weighted by Crippen LogP contribution is 2.40. The number of rotatable bonds is 5. The van der Waals surface area contributed by atoms with Crippen molar-refractivity contribution in [2.75, 3.05) is 11.8 Å². The van der Waals surface area contributed by atoms with Crippen molar-refractivity contribution in [1.82, 2.24) is 0 Å². The minimum atomic E-state index is -0.931. The van der Waals surface area contributed by atoms with Gasteiger partial charge in [-0.1, -0.05) is 42.0 Å². The number of carbonyl (C=O) groups excluding carboxylic acids is 1. The van der Waals surface area contributed by atoms with Crippen LogP contribution in [-0.2, 0) is 15.1 Å². The summed E-state index contributed by atoms with van der Waals surface area (Å²) in [5.74, 6) is 1.36. The third-order valence-electron chi connectivity index (χ3n) is 4.55. The van der Waals surface area contributed by atoms with Crippen molar-refractivity contribution in [2.45, 2.75) is 45.8 Å². The summed E-state index contributed by atoms with van der Waals surface area (Å²) in [6.07, 6.45) is 0. The van der Waals surface area contributed by atoms with E-state index in [0.29, 0.717) is 17.5 Å². The summed E-state index contributed by atoms with van der Waals surface area (Å²) in [5.41, 5.74) is 1.84. The predicted octanol–water partition coefficient (Wildman–Crippen LogP) is 5.81. The lowest BCUT2D eigenvalue weighted by Crippen LogP contribution is -2.22. The molecule has 0 bridgehead atoms. The molecular formula is C24H28Cl2O4. The van der Waals surface area contributed by atoms with Gasteiger partial charge in [0.25, 0.3) is 0 Å². The number of cyclic esters (lactones) is 1. The number of benzene rings is 2. The largest absolute Gasteiger partial charge is 0.449 e. The van der Waals surface area contributed by atoms with Crippen molar-refractivity contribution < 1.29 is 19.4 Å². The van der Waals surface area contributed by atoms with Gasteiger partial charge in [0.1, 0.15) is 11.4 Å². The van der Waals surface area contributed by atoms with Gasteiger partial charge in [-0.25, -0.2) is 4.79 Å². The lowest BCUT2D eigenvalue weighted by molar-refractivity contribution is -0.145. The molecule has 30 heavy (non-hydrogen) atoms. The second-order valence-electron chi connectivity index (χ2n) is 8.03.